The third-order valence-corrected chi connectivity index (χ3v) is 7.77. The van der Waals surface area contributed by atoms with E-state index in [2.05, 4.69) is 15.5 Å². The molecule has 5 rings (SSSR count). The van der Waals surface area contributed by atoms with Gasteiger partial charge in [-0.2, -0.15) is 13.1 Å². The summed E-state index contributed by atoms with van der Waals surface area (Å²) in [6.07, 6.45) is -0.755. The number of rotatable bonds is 5. The van der Waals surface area contributed by atoms with E-state index < -0.39 is 34.4 Å². The number of aromatic nitrogens is 2. The Morgan fingerprint density at radius 1 is 1.23 bits per heavy atom. The van der Waals surface area contributed by atoms with Gasteiger partial charge in [0, 0.05) is 24.6 Å². The first-order valence-electron chi connectivity index (χ1n) is 9.99. The molecule has 0 bridgehead atoms. The minimum absolute atomic E-state index is 0.00468. The fraction of sp³-hybridized carbons (Fsp3) is 0.526. The Morgan fingerprint density at radius 3 is 2.74 bits per heavy atom. The first kappa shape index (κ1) is 20.5. The van der Waals surface area contributed by atoms with Crippen molar-refractivity contribution in [2.24, 2.45) is 5.92 Å². The van der Waals surface area contributed by atoms with Gasteiger partial charge in [0.25, 0.3) is 5.89 Å². The molecular formula is C19H20F2N4O5S. The van der Waals surface area contributed by atoms with Gasteiger partial charge in [0.1, 0.15) is 0 Å². The minimum Gasteiger partial charge on any atom is -0.415 e. The van der Waals surface area contributed by atoms with Crippen LogP contribution in [0.4, 0.5) is 8.78 Å². The summed E-state index contributed by atoms with van der Waals surface area (Å²) in [4.78, 5) is 12.3. The summed E-state index contributed by atoms with van der Waals surface area (Å²) in [5.41, 5.74) is 0.824. The van der Waals surface area contributed by atoms with E-state index >= 15 is 0 Å². The van der Waals surface area contributed by atoms with Crippen LogP contribution in [0.2, 0.25) is 0 Å². The summed E-state index contributed by atoms with van der Waals surface area (Å²) >= 11 is 0. The Labute approximate surface area is 176 Å². The van der Waals surface area contributed by atoms with Crippen LogP contribution in [0.5, 0.6) is 0 Å². The predicted octanol–water partition coefficient (Wildman–Crippen LogP) is 1.86. The molecule has 9 nitrogen and oxygen atoms in total. The van der Waals surface area contributed by atoms with Crippen LogP contribution in [-0.4, -0.2) is 54.1 Å². The van der Waals surface area contributed by atoms with Crippen LogP contribution in [0, 0.1) is 5.92 Å². The third-order valence-electron chi connectivity index (χ3n) is 5.82. The lowest BCUT2D eigenvalue weighted by Crippen LogP contribution is -2.56. The Hall–Kier alpha value is -2.44. The number of hydrogen-bond acceptors (Lipinski definition) is 7. The van der Waals surface area contributed by atoms with Gasteiger partial charge in [-0.3, -0.25) is 4.79 Å². The zero-order valence-electron chi connectivity index (χ0n) is 16.3. The smallest absolute Gasteiger partial charge is 0.314 e. The first-order chi connectivity index (χ1) is 14.8. The highest BCUT2D eigenvalue weighted by Crippen LogP contribution is 2.37. The number of amides is 1. The van der Waals surface area contributed by atoms with Gasteiger partial charge < -0.3 is 14.5 Å². The number of nitrogens with one attached hydrogen (secondary N) is 1. The van der Waals surface area contributed by atoms with Crippen LogP contribution in [0.1, 0.15) is 37.1 Å². The highest BCUT2D eigenvalue weighted by atomic mass is 32.2. The molecule has 1 aromatic carbocycles. The molecule has 31 heavy (non-hydrogen) atoms. The highest BCUT2D eigenvalue weighted by Gasteiger charge is 2.44. The monoisotopic (exact) mass is 454 g/mol. The number of ether oxygens (including phenoxy) is 1. The Bertz CT molecular complexity index is 1120. The van der Waals surface area contributed by atoms with Crippen LogP contribution in [0.3, 0.4) is 0 Å². The van der Waals surface area contributed by atoms with Gasteiger partial charge in [-0.05, 0) is 37.0 Å². The second kappa shape index (κ2) is 7.61. The number of carbonyl (C=O) groups is 1. The number of alkyl halides is 2. The average Bonchev–Trinajstić information content (AvgIpc) is 3.42. The van der Waals surface area contributed by atoms with E-state index in [-0.39, 0.29) is 41.3 Å². The van der Waals surface area contributed by atoms with Gasteiger partial charge in [-0.1, -0.05) is 6.07 Å². The highest BCUT2D eigenvalue weighted by molar-refractivity contribution is 7.89. The average molecular weight is 454 g/mol. The molecule has 1 aliphatic carbocycles. The molecule has 0 spiro atoms. The van der Waals surface area contributed by atoms with E-state index in [4.69, 9.17) is 9.15 Å². The molecule has 1 N–H and O–H groups in total. The second-order valence-electron chi connectivity index (χ2n) is 7.94. The SMILES string of the molecule is O=C(N[C@@H]1COCC[C@H]1N1Cc2ccc(-c3nnc(C(F)F)o3)cc2S1(=O)=O)C1CC1. The number of halogens is 2. The van der Waals surface area contributed by atoms with E-state index in [1.165, 1.54) is 10.4 Å². The zero-order valence-corrected chi connectivity index (χ0v) is 17.1. The lowest BCUT2D eigenvalue weighted by molar-refractivity contribution is -0.124. The number of nitrogens with zero attached hydrogens (tertiary/aromatic N) is 3. The van der Waals surface area contributed by atoms with E-state index in [1.54, 1.807) is 12.1 Å². The van der Waals surface area contributed by atoms with E-state index in [0.717, 1.165) is 12.8 Å². The lowest BCUT2D eigenvalue weighted by atomic mass is 10.0. The topological polar surface area (TPSA) is 115 Å². The quantitative estimate of drug-likeness (QED) is 0.733. The summed E-state index contributed by atoms with van der Waals surface area (Å²) < 4.78 is 64.0. The zero-order chi connectivity index (χ0) is 21.8. The number of hydrogen-bond donors (Lipinski definition) is 1. The summed E-state index contributed by atoms with van der Waals surface area (Å²) in [6.45, 7) is 0.798. The van der Waals surface area contributed by atoms with Gasteiger partial charge in [0.15, 0.2) is 0 Å². The molecule has 2 aromatic rings. The van der Waals surface area contributed by atoms with Crippen molar-refractivity contribution < 1.29 is 31.1 Å². The fourth-order valence-corrected chi connectivity index (χ4v) is 5.94. The number of benzene rings is 1. The van der Waals surface area contributed by atoms with E-state index in [1.807, 2.05) is 0 Å². The summed E-state index contributed by atoms with van der Waals surface area (Å²) in [5, 5.41) is 9.82. The molecule has 1 saturated heterocycles. The summed E-state index contributed by atoms with van der Waals surface area (Å²) in [5.74, 6) is -1.06. The van der Waals surface area contributed by atoms with Crippen molar-refractivity contribution in [3.05, 3.63) is 29.7 Å². The van der Waals surface area contributed by atoms with Crippen LogP contribution in [-0.2, 0) is 26.1 Å². The number of sulfonamides is 1. The molecule has 2 atom stereocenters. The predicted molar refractivity (Wildman–Crippen MR) is 101 cm³/mol. The summed E-state index contributed by atoms with van der Waals surface area (Å²) in [7, 11) is -3.87. The maximum absolute atomic E-state index is 13.3. The molecule has 2 aliphatic heterocycles. The third kappa shape index (κ3) is 3.72. The molecule has 0 radical (unpaired) electrons. The standard InChI is InChI=1S/C19H20F2N4O5S/c20-16(21)19-24-23-18(30-19)11-3-4-12-8-25(31(27,28)15(12)7-11)14-5-6-29-9-13(14)22-17(26)10-1-2-10/h3-4,7,10,13-14,16H,1-2,5-6,8-9H2,(H,22,26)/t13-,14-/m1/s1. The van der Waals surface area contributed by atoms with Gasteiger partial charge in [0.05, 0.1) is 23.6 Å². The van der Waals surface area contributed by atoms with Gasteiger partial charge in [-0.15, -0.1) is 10.2 Å². The van der Waals surface area contributed by atoms with Crippen molar-refractivity contribution in [2.45, 2.75) is 49.2 Å². The Morgan fingerprint density at radius 2 is 2.03 bits per heavy atom. The largest absolute Gasteiger partial charge is 0.415 e. The molecule has 3 aliphatic rings. The molecule has 166 valence electrons. The molecule has 0 unspecified atom stereocenters. The fourth-order valence-electron chi connectivity index (χ4n) is 4.03. The molecular weight excluding hydrogens is 434 g/mol. The van der Waals surface area contributed by atoms with Crippen LogP contribution in [0.25, 0.3) is 11.5 Å². The van der Waals surface area contributed by atoms with Gasteiger partial charge in [-0.25, -0.2) is 8.42 Å². The van der Waals surface area contributed by atoms with E-state index in [9.17, 15) is 22.0 Å². The van der Waals surface area contributed by atoms with Crippen molar-refractivity contribution in [2.75, 3.05) is 13.2 Å². The Balaban J connectivity index is 1.42. The molecule has 1 amide bonds. The first-order valence-corrected chi connectivity index (χ1v) is 11.4. The lowest BCUT2D eigenvalue weighted by Gasteiger charge is -2.37. The molecule has 3 heterocycles. The maximum Gasteiger partial charge on any atom is 0.314 e. The maximum atomic E-state index is 13.3. The van der Waals surface area contributed by atoms with Crippen molar-refractivity contribution in [3.8, 4) is 11.5 Å². The molecule has 2 fully saturated rings. The second-order valence-corrected chi connectivity index (χ2v) is 9.80. The number of carbonyl (C=O) groups excluding carboxylic acids is 1. The van der Waals surface area contributed by atoms with Crippen molar-refractivity contribution in [3.63, 3.8) is 0 Å². The molecule has 1 saturated carbocycles. The minimum atomic E-state index is -3.87. The Kier molecular flexibility index (Phi) is 5.02. The van der Waals surface area contributed by atoms with Crippen molar-refractivity contribution >= 4 is 15.9 Å². The normalized spacial score (nSPS) is 25.5. The van der Waals surface area contributed by atoms with Crippen molar-refractivity contribution in [1.82, 2.24) is 19.8 Å². The van der Waals surface area contributed by atoms with Crippen LogP contribution < -0.4 is 5.32 Å². The van der Waals surface area contributed by atoms with Gasteiger partial charge >= 0.3 is 6.43 Å². The summed E-state index contributed by atoms with van der Waals surface area (Å²) in [6, 6.07) is 3.67. The molecule has 1 aromatic heterocycles. The van der Waals surface area contributed by atoms with Gasteiger partial charge in [0.2, 0.25) is 21.8 Å². The van der Waals surface area contributed by atoms with E-state index in [0.29, 0.717) is 18.6 Å². The van der Waals surface area contributed by atoms with Crippen molar-refractivity contribution in [1.29, 1.82) is 0 Å². The molecule has 12 heteroatoms. The number of fused-ring (bicyclic) bond motifs is 1. The van der Waals surface area contributed by atoms with Crippen LogP contribution >= 0.6 is 0 Å². The van der Waals surface area contributed by atoms with Crippen LogP contribution in [0.15, 0.2) is 27.5 Å².